The molecule has 0 aliphatic rings. The summed E-state index contributed by atoms with van der Waals surface area (Å²) in [5.41, 5.74) is 3.78. The Morgan fingerprint density at radius 1 is 1.06 bits per heavy atom. The van der Waals surface area contributed by atoms with Gasteiger partial charge in [0.2, 0.25) is 0 Å². The Labute approximate surface area is 201 Å². The van der Waals surface area contributed by atoms with Crippen molar-refractivity contribution in [3.63, 3.8) is 0 Å². The van der Waals surface area contributed by atoms with Gasteiger partial charge in [-0.15, -0.1) is 11.8 Å². The predicted molar refractivity (Wildman–Crippen MR) is 136 cm³/mol. The lowest BCUT2D eigenvalue weighted by Crippen LogP contribution is -2.23. The number of ether oxygens (including phenoxy) is 1. The van der Waals surface area contributed by atoms with E-state index in [0.29, 0.717) is 16.5 Å². The Morgan fingerprint density at radius 2 is 1.82 bits per heavy atom. The lowest BCUT2D eigenvalue weighted by atomic mass is 10.1. The summed E-state index contributed by atoms with van der Waals surface area (Å²) in [7, 11) is 0. The molecule has 4 nitrogen and oxygen atoms in total. The average molecular weight is 476 g/mol. The van der Waals surface area contributed by atoms with Crippen LogP contribution in [0.1, 0.15) is 23.7 Å². The first kappa shape index (κ1) is 22.9. The molecule has 6 heteroatoms. The van der Waals surface area contributed by atoms with Crippen LogP contribution in [-0.4, -0.2) is 22.2 Å². The number of carbonyl (C=O) groups is 1. The van der Waals surface area contributed by atoms with E-state index in [1.54, 1.807) is 17.8 Å². The van der Waals surface area contributed by atoms with Crippen LogP contribution in [0.3, 0.4) is 0 Å². The van der Waals surface area contributed by atoms with Gasteiger partial charge in [-0.25, -0.2) is 9.78 Å². The second-order valence-electron chi connectivity index (χ2n) is 7.47. The summed E-state index contributed by atoms with van der Waals surface area (Å²) in [4.78, 5) is 16.9. The van der Waals surface area contributed by atoms with Gasteiger partial charge >= 0.3 is 5.97 Å². The fourth-order valence-electron chi connectivity index (χ4n) is 3.20. The lowest BCUT2D eigenvalue weighted by Gasteiger charge is -2.14. The zero-order chi connectivity index (χ0) is 23.2. The number of fused-ring (bicyclic) bond motifs is 1. The largest absolute Gasteiger partial charge is 0.479 e. The van der Waals surface area contributed by atoms with Crippen LogP contribution in [0.2, 0.25) is 5.02 Å². The van der Waals surface area contributed by atoms with Crippen LogP contribution in [-0.2, 0) is 10.5 Å². The fraction of sp³-hybridized carbons (Fsp3) is 0.111. The van der Waals surface area contributed by atoms with E-state index in [0.717, 1.165) is 32.6 Å². The number of carboxylic acid groups (broad SMARTS) is 1. The highest BCUT2D eigenvalue weighted by Crippen LogP contribution is 2.29. The van der Waals surface area contributed by atoms with Crippen molar-refractivity contribution in [3.8, 4) is 5.75 Å². The van der Waals surface area contributed by atoms with Crippen LogP contribution in [0.5, 0.6) is 5.75 Å². The van der Waals surface area contributed by atoms with E-state index in [4.69, 9.17) is 21.4 Å². The van der Waals surface area contributed by atoms with E-state index in [1.807, 2.05) is 60.7 Å². The Hall–Kier alpha value is -3.28. The Balaban J connectivity index is 1.40. The SMILES string of the molecule is CC(Oc1ccccc1CSc1ccc(/C=C/c2ccc3ccc(Cl)cc3n2)cc1)C(=O)O. The van der Waals surface area contributed by atoms with Crippen LogP contribution in [0, 0.1) is 0 Å². The second kappa shape index (κ2) is 10.6. The first-order chi connectivity index (χ1) is 16.0. The Bertz CT molecular complexity index is 1300. The molecule has 0 aliphatic carbocycles. The maximum atomic E-state index is 11.1. The van der Waals surface area contributed by atoms with Gasteiger partial charge in [0, 0.05) is 26.6 Å². The molecular weight excluding hydrogens is 454 g/mol. The standard InChI is InChI=1S/C27H22ClNO3S/c1-18(27(30)31)32-26-5-3-2-4-21(26)17-33-24-14-7-19(8-15-24)6-12-23-13-10-20-9-11-22(28)16-25(20)29-23/h2-16,18H,17H2,1H3,(H,30,31)/b12-6+. The van der Waals surface area contributed by atoms with E-state index in [-0.39, 0.29) is 0 Å². The molecule has 0 saturated carbocycles. The molecule has 0 bridgehead atoms. The number of carboxylic acids is 1. The molecule has 4 rings (SSSR count). The summed E-state index contributed by atoms with van der Waals surface area (Å²) in [6.07, 6.45) is 3.12. The molecule has 1 aromatic heterocycles. The monoisotopic (exact) mass is 475 g/mol. The molecule has 166 valence electrons. The number of hydrogen-bond acceptors (Lipinski definition) is 4. The van der Waals surface area contributed by atoms with Gasteiger partial charge in [0.25, 0.3) is 0 Å². The third-order valence-electron chi connectivity index (χ3n) is 5.02. The van der Waals surface area contributed by atoms with E-state index in [2.05, 4.69) is 29.2 Å². The highest BCUT2D eigenvalue weighted by atomic mass is 35.5. The van der Waals surface area contributed by atoms with Gasteiger partial charge < -0.3 is 9.84 Å². The topological polar surface area (TPSA) is 59.4 Å². The van der Waals surface area contributed by atoms with Gasteiger partial charge in [-0.1, -0.05) is 60.1 Å². The van der Waals surface area contributed by atoms with Gasteiger partial charge in [0.05, 0.1) is 11.2 Å². The predicted octanol–water partition coefficient (Wildman–Crippen LogP) is 7.20. The minimum atomic E-state index is -0.983. The van der Waals surface area contributed by atoms with E-state index in [9.17, 15) is 4.79 Å². The van der Waals surface area contributed by atoms with Crippen molar-refractivity contribution >= 4 is 52.4 Å². The zero-order valence-corrected chi connectivity index (χ0v) is 19.5. The van der Waals surface area contributed by atoms with Crippen molar-refractivity contribution in [2.24, 2.45) is 0 Å². The number of pyridine rings is 1. The van der Waals surface area contributed by atoms with Crippen LogP contribution < -0.4 is 4.74 Å². The van der Waals surface area contributed by atoms with Gasteiger partial charge in [-0.2, -0.15) is 0 Å². The van der Waals surface area contributed by atoms with Crippen LogP contribution in [0.4, 0.5) is 0 Å². The van der Waals surface area contributed by atoms with Crippen molar-refractivity contribution in [1.29, 1.82) is 0 Å². The number of thioether (sulfide) groups is 1. The molecule has 1 heterocycles. The maximum absolute atomic E-state index is 11.1. The summed E-state index contributed by atoms with van der Waals surface area (Å²) in [6, 6.07) is 25.5. The minimum Gasteiger partial charge on any atom is -0.479 e. The first-order valence-electron chi connectivity index (χ1n) is 10.4. The average Bonchev–Trinajstić information content (AvgIpc) is 2.82. The molecule has 0 spiro atoms. The lowest BCUT2D eigenvalue weighted by molar-refractivity contribution is -0.144. The van der Waals surface area contributed by atoms with Crippen molar-refractivity contribution in [3.05, 3.63) is 101 Å². The molecule has 4 aromatic rings. The fourth-order valence-corrected chi connectivity index (χ4v) is 4.25. The zero-order valence-electron chi connectivity index (χ0n) is 17.9. The van der Waals surface area contributed by atoms with Gasteiger partial charge in [0.15, 0.2) is 6.10 Å². The molecule has 1 unspecified atom stereocenters. The number of nitrogens with zero attached hydrogens (tertiary/aromatic N) is 1. The Kier molecular flexibility index (Phi) is 7.33. The van der Waals surface area contributed by atoms with E-state index >= 15 is 0 Å². The highest BCUT2D eigenvalue weighted by Gasteiger charge is 2.14. The summed E-state index contributed by atoms with van der Waals surface area (Å²) in [6.45, 7) is 1.53. The van der Waals surface area contributed by atoms with Crippen LogP contribution >= 0.6 is 23.4 Å². The maximum Gasteiger partial charge on any atom is 0.344 e. The van der Waals surface area contributed by atoms with E-state index < -0.39 is 12.1 Å². The normalized spacial score (nSPS) is 12.2. The molecule has 0 radical (unpaired) electrons. The molecule has 1 N–H and O–H groups in total. The third-order valence-corrected chi connectivity index (χ3v) is 6.32. The highest BCUT2D eigenvalue weighted by molar-refractivity contribution is 7.98. The van der Waals surface area contributed by atoms with Crippen molar-refractivity contribution in [1.82, 2.24) is 4.98 Å². The molecule has 1 atom stereocenters. The van der Waals surface area contributed by atoms with Crippen molar-refractivity contribution < 1.29 is 14.6 Å². The van der Waals surface area contributed by atoms with Crippen molar-refractivity contribution in [2.75, 3.05) is 0 Å². The number of rotatable bonds is 8. The number of hydrogen-bond donors (Lipinski definition) is 1. The third kappa shape index (κ3) is 6.15. The van der Waals surface area contributed by atoms with Crippen molar-refractivity contribution in [2.45, 2.75) is 23.7 Å². The Morgan fingerprint density at radius 3 is 2.61 bits per heavy atom. The summed E-state index contributed by atoms with van der Waals surface area (Å²) >= 11 is 7.75. The molecular formula is C27H22ClNO3S. The van der Waals surface area contributed by atoms with Gasteiger partial charge in [-0.3, -0.25) is 0 Å². The molecule has 0 aliphatic heterocycles. The van der Waals surface area contributed by atoms with Crippen LogP contribution in [0.25, 0.3) is 23.1 Å². The second-order valence-corrected chi connectivity index (χ2v) is 8.96. The van der Waals surface area contributed by atoms with Crippen LogP contribution in [0.15, 0.2) is 83.8 Å². The van der Waals surface area contributed by atoms with E-state index in [1.165, 1.54) is 6.92 Å². The molecule has 33 heavy (non-hydrogen) atoms. The molecule has 0 saturated heterocycles. The minimum absolute atomic E-state index is 0.601. The number of benzene rings is 3. The summed E-state index contributed by atoms with van der Waals surface area (Å²) in [5, 5.41) is 10.8. The summed E-state index contributed by atoms with van der Waals surface area (Å²) in [5.74, 6) is 0.300. The number of para-hydroxylation sites is 1. The van der Waals surface area contributed by atoms with Gasteiger partial charge in [0.1, 0.15) is 5.75 Å². The number of aliphatic carboxylic acids is 1. The molecule has 0 fully saturated rings. The molecule has 0 amide bonds. The number of aromatic nitrogens is 1. The number of halogens is 1. The molecule has 3 aromatic carbocycles. The summed E-state index contributed by atoms with van der Waals surface area (Å²) < 4.78 is 5.59. The van der Waals surface area contributed by atoms with Gasteiger partial charge in [-0.05, 0) is 55.0 Å². The first-order valence-corrected chi connectivity index (χ1v) is 11.8. The smallest absolute Gasteiger partial charge is 0.344 e. The quantitative estimate of drug-likeness (QED) is 0.273.